The molecule has 0 unspecified atom stereocenters. The summed E-state index contributed by atoms with van der Waals surface area (Å²) in [4.78, 5) is 12.1. The van der Waals surface area contributed by atoms with Gasteiger partial charge in [-0.2, -0.15) is 0 Å². The standard InChI is InChI=1S/C14H11FN2O/c15-11-6-7-13-10(8-11)9-17(14(13)18)16-12-4-2-1-3-5-12/h1-8,16H,9H2. The minimum Gasteiger partial charge on any atom is -0.295 e. The van der Waals surface area contributed by atoms with E-state index in [1.165, 1.54) is 23.2 Å². The lowest BCUT2D eigenvalue weighted by Crippen LogP contribution is -2.29. The third kappa shape index (κ3) is 1.82. The molecule has 3 rings (SSSR count). The predicted molar refractivity (Wildman–Crippen MR) is 66.3 cm³/mol. The summed E-state index contributed by atoms with van der Waals surface area (Å²) in [5.74, 6) is -0.447. The second-order valence-corrected chi connectivity index (χ2v) is 4.17. The average molecular weight is 242 g/mol. The van der Waals surface area contributed by atoms with E-state index in [4.69, 9.17) is 0 Å². The maximum Gasteiger partial charge on any atom is 0.272 e. The van der Waals surface area contributed by atoms with Crippen LogP contribution in [-0.2, 0) is 6.54 Å². The number of anilines is 1. The van der Waals surface area contributed by atoms with Gasteiger partial charge < -0.3 is 0 Å². The van der Waals surface area contributed by atoms with Gasteiger partial charge in [0.25, 0.3) is 5.91 Å². The molecule has 0 saturated carbocycles. The minimum absolute atomic E-state index is 0.131. The smallest absolute Gasteiger partial charge is 0.272 e. The summed E-state index contributed by atoms with van der Waals surface area (Å²) in [6, 6.07) is 13.7. The molecule has 0 spiro atoms. The number of carbonyl (C=O) groups excluding carboxylic acids is 1. The van der Waals surface area contributed by atoms with Gasteiger partial charge in [0.15, 0.2) is 0 Å². The van der Waals surface area contributed by atoms with Crippen LogP contribution in [0.5, 0.6) is 0 Å². The highest BCUT2D eigenvalue weighted by molar-refractivity contribution is 5.98. The van der Waals surface area contributed by atoms with Crippen LogP contribution in [0.3, 0.4) is 0 Å². The summed E-state index contributed by atoms with van der Waals surface area (Å²) in [6.07, 6.45) is 0. The first kappa shape index (κ1) is 10.8. The van der Waals surface area contributed by atoms with Crippen LogP contribution in [0.2, 0.25) is 0 Å². The summed E-state index contributed by atoms with van der Waals surface area (Å²) in [6.45, 7) is 0.376. The number of amides is 1. The van der Waals surface area contributed by atoms with Crippen LogP contribution in [0.25, 0.3) is 0 Å². The third-order valence-corrected chi connectivity index (χ3v) is 2.91. The number of nitrogens with one attached hydrogen (secondary N) is 1. The van der Waals surface area contributed by atoms with Crippen LogP contribution in [0, 0.1) is 5.82 Å². The molecule has 0 aliphatic carbocycles. The van der Waals surface area contributed by atoms with Crippen molar-refractivity contribution in [1.29, 1.82) is 0 Å². The summed E-state index contributed by atoms with van der Waals surface area (Å²) >= 11 is 0. The van der Waals surface area contributed by atoms with Crippen molar-refractivity contribution >= 4 is 11.6 Å². The first-order chi connectivity index (χ1) is 8.74. The van der Waals surface area contributed by atoms with E-state index in [9.17, 15) is 9.18 Å². The van der Waals surface area contributed by atoms with Gasteiger partial charge in [-0.25, -0.2) is 9.40 Å². The molecule has 0 fully saturated rings. The fourth-order valence-corrected chi connectivity index (χ4v) is 2.05. The molecular weight excluding hydrogens is 231 g/mol. The van der Waals surface area contributed by atoms with Crippen molar-refractivity contribution in [2.24, 2.45) is 0 Å². The SMILES string of the molecule is O=C1c2ccc(F)cc2CN1Nc1ccccc1. The number of halogens is 1. The van der Waals surface area contributed by atoms with Gasteiger partial charge in [-0.1, -0.05) is 18.2 Å². The maximum atomic E-state index is 13.1. The van der Waals surface area contributed by atoms with Crippen LogP contribution in [-0.4, -0.2) is 10.9 Å². The summed E-state index contributed by atoms with van der Waals surface area (Å²) in [5.41, 5.74) is 5.12. The number of para-hydroxylation sites is 1. The zero-order chi connectivity index (χ0) is 12.5. The second kappa shape index (κ2) is 4.14. The Morgan fingerprint density at radius 3 is 2.67 bits per heavy atom. The van der Waals surface area contributed by atoms with Gasteiger partial charge in [0.1, 0.15) is 5.82 Å². The average Bonchev–Trinajstić information content (AvgIpc) is 2.67. The third-order valence-electron chi connectivity index (χ3n) is 2.91. The molecule has 1 heterocycles. The van der Waals surface area contributed by atoms with Crippen molar-refractivity contribution in [3.05, 3.63) is 65.5 Å². The van der Waals surface area contributed by atoms with Gasteiger partial charge in [0.2, 0.25) is 0 Å². The highest BCUT2D eigenvalue weighted by atomic mass is 19.1. The summed E-state index contributed by atoms with van der Waals surface area (Å²) < 4.78 is 13.1. The van der Waals surface area contributed by atoms with E-state index in [-0.39, 0.29) is 11.7 Å². The molecule has 0 saturated heterocycles. The number of benzene rings is 2. The highest BCUT2D eigenvalue weighted by Gasteiger charge is 2.27. The van der Waals surface area contributed by atoms with Crippen molar-refractivity contribution in [3.63, 3.8) is 0 Å². The van der Waals surface area contributed by atoms with Crippen LogP contribution in [0.15, 0.2) is 48.5 Å². The van der Waals surface area contributed by atoms with Gasteiger partial charge in [-0.05, 0) is 35.9 Å². The van der Waals surface area contributed by atoms with Crippen molar-refractivity contribution in [2.75, 3.05) is 5.43 Å². The van der Waals surface area contributed by atoms with Crippen LogP contribution in [0.4, 0.5) is 10.1 Å². The molecule has 2 aromatic rings. The molecule has 2 aromatic carbocycles. The fraction of sp³-hybridized carbons (Fsp3) is 0.0714. The number of fused-ring (bicyclic) bond motifs is 1. The van der Waals surface area contributed by atoms with Crippen LogP contribution >= 0.6 is 0 Å². The zero-order valence-corrected chi connectivity index (χ0v) is 9.56. The van der Waals surface area contributed by atoms with Crippen molar-refractivity contribution in [1.82, 2.24) is 5.01 Å². The van der Waals surface area contributed by atoms with Crippen molar-refractivity contribution < 1.29 is 9.18 Å². The number of rotatable bonds is 2. The van der Waals surface area contributed by atoms with Gasteiger partial charge in [0, 0.05) is 5.56 Å². The summed E-state index contributed by atoms with van der Waals surface area (Å²) in [7, 11) is 0. The minimum atomic E-state index is -0.317. The van der Waals surface area contributed by atoms with E-state index in [2.05, 4.69) is 5.43 Å². The quantitative estimate of drug-likeness (QED) is 0.878. The maximum absolute atomic E-state index is 13.1. The Bertz CT molecular complexity index is 598. The van der Waals surface area contributed by atoms with Crippen molar-refractivity contribution in [2.45, 2.75) is 6.54 Å². The van der Waals surface area contributed by atoms with Gasteiger partial charge in [-0.3, -0.25) is 10.2 Å². The molecule has 3 nitrogen and oxygen atoms in total. The lowest BCUT2D eigenvalue weighted by molar-refractivity contribution is 0.0814. The Morgan fingerprint density at radius 1 is 1.11 bits per heavy atom. The molecule has 0 bridgehead atoms. The Morgan fingerprint density at radius 2 is 1.89 bits per heavy atom. The number of hydrazine groups is 1. The van der Waals surface area contributed by atoms with E-state index in [1.807, 2.05) is 30.3 Å². The fourth-order valence-electron chi connectivity index (χ4n) is 2.05. The lowest BCUT2D eigenvalue weighted by Gasteiger charge is -2.18. The lowest BCUT2D eigenvalue weighted by atomic mass is 10.1. The number of carbonyl (C=O) groups is 1. The van der Waals surface area contributed by atoms with Crippen LogP contribution in [0.1, 0.15) is 15.9 Å². The molecule has 0 radical (unpaired) electrons. The van der Waals surface area contributed by atoms with E-state index in [0.717, 1.165) is 5.69 Å². The molecule has 1 amide bonds. The van der Waals surface area contributed by atoms with Crippen molar-refractivity contribution in [3.8, 4) is 0 Å². The Labute approximate surface area is 104 Å². The number of hydrogen-bond donors (Lipinski definition) is 1. The molecule has 4 heteroatoms. The Hall–Kier alpha value is -2.36. The summed E-state index contributed by atoms with van der Waals surface area (Å²) in [5, 5.41) is 1.49. The highest BCUT2D eigenvalue weighted by Crippen LogP contribution is 2.24. The van der Waals surface area contributed by atoms with E-state index in [0.29, 0.717) is 17.7 Å². The molecule has 90 valence electrons. The van der Waals surface area contributed by atoms with E-state index >= 15 is 0 Å². The van der Waals surface area contributed by atoms with E-state index in [1.54, 1.807) is 0 Å². The van der Waals surface area contributed by atoms with Crippen LogP contribution < -0.4 is 5.43 Å². The number of nitrogens with zero attached hydrogens (tertiary/aromatic N) is 1. The first-order valence-corrected chi connectivity index (χ1v) is 5.66. The molecule has 0 atom stereocenters. The molecule has 18 heavy (non-hydrogen) atoms. The molecule has 1 aliphatic heterocycles. The monoisotopic (exact) mass is 242 g/mol. The Kier molecular flexibility index (Phi) is 2.48. The zero-order valence-electron chi connectivity index (χ0n) is 9.56. The number of hydrogen-bond acceptors (Lipinski definition) is 2. The van der Waals surface area contributed by atoms with Gasteiger partial charge in [0.05, 0.1) is 12.2 Å². The predicted octanol–water partition coefficient (Wildman–Crippen LogP) is 2.81. The van der Waals surface area contributed by atoms with Gasteiger partial charge in [-0.15, -0.1) is 0 Å². The molecule has 1 N–H and O–H groups in total. The van der Waals surface area contributed by atoms with Gasteiger partial charge >= 0.3 is 0 Å². The first-order valence-electron chi connectivity index (χ1n) is 5.66. The molecular formula is C14H11FN2O. The molecule has 0 aromatic heterocycles. The Balaban J connectivity index is 1.84. The van der Waals surface area contributed by atoms with E-state index < -0.39 is 0 Å². The topological polar surface area (TPSA) is 32.3 Å². The largest absolute Gasteiger partial charge is 0.295 e. The molecule has 1 aliphatic rings. The second-order valence-electron chi connectivity index (χ2n) is 4.17. The normalized spacial score (nSPS) is 13.6.